The summed E-state index contributed by atoms with van der Waals surface area (Å²) in [4.78, 5) is 24.8. The van der Waals surface area contributed by atoms with Gasteiger partial charge in [-0.25, -0.2) is 4.79 Å². The van der Waals surface area contributed by atoms with Gasteiger partial charge in [-0.15, -0.1) is 0 Å². The highest BCUT2D eigenvalue weighted by molar-refractivity contribution is 6.09. The first-order valence-electron chi connectivity index (χ1n) is 12.2. The SMILES string of the molecule is O=C(NCCC=Cc1ccc(C(=O)c2ccccc2)cc1)OCC1c2ccccc2-c2ccccc21. The van der Waals surface area contributed by atoms with Gasteiger partial charge < -0.3 is 10.1 Å². The Morgan fingerprint density at radius 1 is 0.722 bits per heavy atom. The molecule has 1 amide bonds. The largest absolute Gasteiger partial charge is 0.449 e. The number of ether oxygens (including phenoxy) is 1. The molecular weight excluding hydrogens is 446 g/mol. The number of amides is 1. The van der Waals surface area contributed by atoms with Crippen LogP contribution in [0.2, 0.25) is 0 Å². The summed E-state index contributed by atoms with van der Waals surface area (Å²) in [7, 11) is 0. The van der Waals surface area contributed by atoms with Crippen molar-refractivity contribution < 1.29 is 14.3 Å². The second kappa shape index (κ2) is 10.9. The minimum Gasteiger partial charge on any atom is -0.449 e. The van der Waals surface area contributed by atoms with Crippen LogP contribution in [-0.4, -0.2) is 25.0 Å². The molecule has 1 N–H and O–H groups in total. The van der Waals surface area contributed by atoms with Crippen LogP contribution < -0.4 is 5.32 Å². The van der Waals surface area contributed by atoms with E-state index in [2.05, 4.69) is 29.6 Å². The van der Waals surface area contributed by atoms with Crippen LogP contribution in [0.1, 0.15) is 45.0 Å². The minimum atomic E-state index is -0.408. The van der Waals surface area contributed by atoms with Crippen molar-refractivity contribution in [1.82, 2.24) is 5.32 Å². The van der Waals surface area contributed by atoms with E-state index in [1.54, 1.807) is 0 Å². The van der Waals surface area contributed by atoms with Gasteiger partial charge in [-0.1, -0.05) is 115 Å². The van der Waals surface area contributed by atoms with Crippen molar-refractivity contribution in [2.45, 2.75) is 12.3 Å². The summed E-state index contributed by atoms with van der Waals surface area (Å²) in [5.41, 5.74) is 7.17. The van der Waals surface area contributed by atoms with Gasteiger partial charge in [0.05, 0.1) is 0 Å². The third kappa shape index (κ3) is 5.13. The quantitative estimate of drug-likeness (QED) is 0.225. The fraction of sp³-hybridized carbons (Fsp3) is 0.125. The number of benzene rings is 4. The number of rotatable bonds is 8. The van der Waals surface area contributed by atoms with E-state index in [9.17, 15) is 9.59 Å². The van der Waals surface area contributed by atoms with Gasteiger partial charge in [-0.3, -0.25) is 4.79 Å². The molecule has 0 fully saturated rings. The Morgan fingerprint density at radius 3 is 1.97 bits per heavy atom. The van der Waals surface area contributed by atoms with Crippen molar-refractivity contribution >= 4 is 18.0 Å². The lowest BCUT2D eigenvalue weighted by atomic mass is 9.98. The van der Waals surface area contributed by atoms with E-state index in [4.69, 9.17) is 4.74 Å². The van der Waals surface area contributed by atoms with Crippen molar-refractivity contribution in [2.75, 3.05) is 13.2 Å². The molecule has 4 heteroatoms. The van der Waals surface area contributed by atoms with E-state index in [1.165, 1.54) is 22.3 Å². The maximum absolute atomic E-state index is 12.5. The van der Waals surface area contributed by atoms with Crippen LogP contribution in [-0.2, 0) is 4.74 Å². The monoisotopic (exact) mass is 473 g/mol. The number of alkyl carbamates (subject to hydrolysis) is 1. The number of carbonyl (C=O) groups excluding carboxylic acids is 2. The maximum atomic E-state index is 12.5. The molecule has 0 aliphatic heterocycles. The lowest BCUT2D eigenvalue weighted by Gasteiger charge is -2.14. The van der Waals surface area contributed by atoms with Gasteiger partial charge in [0.25, 0.3) is 0 Å². The summed E-state index contributed by atoms with van der Waals surface area (Å²) in [6.45, 7) is 0.793. The van der Waals surface area contributed by atoms with Crippen LogP contribution in [0.5, 0.6) is 0 Å². The molecule has 0 bridgehead atoms. The van der Waals surface area contributed by atoms with E-state index in [0.717, 1.165) is 5.56 Å². The highest BCUT2D eigenvalue weighted by Gasteiger charge is 2.28. The molecule has 0 unspecified atom stereocenters. The van der Waals surface area contributed by atoms with Crippen LogP contribution in [0, 0.1) is 0 Å². The van der Waals surface area contributed by atoms with Gasteiger partial charge in [-0.05, 0) is 34.2 Å². The number of nitrogens with one attached hydrogen (secondary N) is 1. The Morgan fingerprint density at radius 2 is 1.31 bits per heavy atom. The Bertz CT molecular complexity index is 1350. The molecule has 0 spiro atoms. The van der Waals surface area contributed by atoms with Crippen LogP contribution in [0.3, 0.4) is 0 Å². The zero-order valence-corrected chi connectivity index (χ0v) is 19.9. The second-order valence-electron chi connectivity index (χ2n) is 8.76. The van der Waals surface area contributed by atoms with E-state index < -0.39 is 6.09 Å². The van der Waals surface area contributed by atoms with Gasteiger partial charge in [0.1, 0.15) is 6.61 Å². The lowest BCUT2D eigenvalue weighted by molar-refractivity contribution is 0.103. The predicted molar refractivity (Wildman–Crippen MR) is 143 cm³/mol. The smallest absolute Gasteiger partial charge is 0.407 e. The summed E-state index contributed by atoms with van der Waals surface area (Å²) in [6.07, 6.45) is 4.25. The van der Waals surface area contributed by atoms with Gasteiger partial charge in [0.2, 0.25) is 0 Å². The first kappa shape index (κ1) is 23.3. The standard InChI is InChI=1S/C32H27NO3/c34-31(24-11-2-1-3-12-24)25-19-17-23(18-20-25)10-8-9-21-33-32(35)36-22-30-28-15-6-4-13-26(28)27-14-5-7-16-29(27)30/h1-8,10-20,30H,9,21-22H2,(H,33,35). The van der Waals surface area contributed by atoms with E-state index in [-0.39, 0.29) is 11.7 Å². The predicted octanol–water partition coefficient (Wildman–Crippen LogP) is 6.86. The average Bonchev–Trinajstić information content (AvgIpc) is 3.26. The molecule has 0 saturated heterocycles. The highest BCUT2D eigenvalue weighted by atomic mass is 16.5. The van der Waals surface area contributed by atoms with Crippen LogP contribution in [0.15, 0.2) is 109 Å². The number of hydrogen-bond acceptors (Lipinski definition) is 3. The molecule has 178 valence electrons. The Kier molecular flexibility index (Phi) is 7.04. The normalized spacial score (nSPS) is 12.2. The molecule has 1 aliphatic rings. The molecule has 0 atom stereocenters. The van der Waals surface area contributed by atoms with Crippen molar-refractivity contribution in [3.63, 3.8) is 0 Å². The average molecular weight is 474 g/mol. The molecular formula is C32H27NO3. The molecule has 4 aromatic rings. The molecule has 5 rings (SSSR count). The third-order valence-corrected chi connectivity index (χ3v) is 6.44. The maximum Gasteiger partial charge on any atom is 0.407 e. The number of ketones is 1. The molecule has 4 aromatic carbocycles. The van der Waals surface area contributed by atoms with E-state index >= 15 is 0 Å². The zero-order valence-electron chi connectivity index (χ0n) is 19.9. The van der Waals surface area contributed by atoms with Crippen LogP contribution >= 0.6 is 0 Å². The molecule has 36 heavy (non-hydrogen) atoms. The van der Waals surface area contributed by atoms with Crippen molar-refractivity contribution in [1.29, 1.82) is 0 Å². The summed E-state index contributed by atoms with van der Waals surface area (Å²) in [6, 6.07) is 33.4. The zero-order chi connectivity index (χ0) is 24.7. The molecule has 0 aromatic heterocycles. The van der Waals surface area contributed by atoms with Crippen LogP contribution in [0.4, 0.5) is 4.79 Å². The summed E-state index contributed by atoms with van der Waals surface area (Å²) in [5.74, 6) is 0.0678. The first-order chi connectivity index (χ1) is 17.7. The van der Waals surface area contributed by atoms with Crippen LogP contribution in [0.25, 0.3) is 17.2 Å². The topological polar surface area (TPSA) is 55.4 Å². The number of fused-ring (bicyclic) bond motifs is 3. The van der Waals surface area contributed by atoms with Gasteiger partial charge >= 0.3 is 6.09 Å². The van der Waals surface area contributed by atoms with Gasteiger partial charge in [0, 0.05) is 23.6 Å². The lowest BCUT2D eigenvalue weighted by Crippen LogP contribution is -2.26. The Labute approximate surface area is 211 Å². The first-order valence-corrected chi connectivity index (χ1v) is 12.2. The minimum absolute atomic E-state index is 0.0124. The van der Waals surface area contributed by atoms with E-state index in [1.807, 2.05) is 91.0 Å². The highest BCUT2D eigenvalue weighted by Crippen LogP contribution is 2.44. The molecule has 4 nitrogen and oxygen atoms in total. The summed E-state index contributed by atoms with van der Waals surface area (Å²) in [5, 5.41) is 2.83. The number of hydrogen-bond donors (Lipinski definition) is 1. The fourth-order valence-corrected chi connectivity index (χ4v) is 4.63. The summed E-state index contributed by atoms with van der Waals surface area (Å²) >= 11 is 0. The molecule has 0 radical (unpaired) electrons. The second-order valence-corrected chi connectivity index (χ2v) is 8.76. The Balaban J connectivity index is 1.08. The number of carbonyl (C=O) groups is 2. The molecule has 0 saturated carbocycles. The van der Waals surface area contributed by atoms with Gasteiger partial charge in [0.15, 0.2) is 5.78 Å². The molecule has 1 aliphatic carbocycles. The van der Waals surface area contributed by atoms with Crippen molar-refractivity contribution in [3.05, 3.63) is 137 Å². The van der Waals surface area contributed by atoms with E-state index in [0.29, 0.717) is 30.7 Å². The third-order valence-electron chi connectivity index (χ3n) is 6.44. The Hall–Kier alpha value is -4.44. The fourth-order valence-electron chi connectivity index (χ4n) is 4.63. The molecule has 0 heterocycles. The van der Waals surface area contributed by atoms with Crippen molar-refractivity contribution in [3.8, 4) is 11.1 Å². The van der Waals surface area contributed by atoms with Crippen molar-refractivity contribution in [2.24, 2.45) is 0 Å². The van der Waals surface area contributed by atoms with Gasteiger partial charge in [-0.2, -0.15) is 0 Å². The summed E-state index contributed by atoms with van der Waals surface area (Å²) < 4.78 is 5.57.